The normalized spacial score (nSPS) is 22.8. The van der Waals surface area contributed by atoms with E-state index in [1.807, 2.05) is 42.8 Å². The highest BCUT2D eigenvalue weighted by Crippen LogP contribution is 2.30. The maximum atomic E-state index is 12.6. The van der Waals surface area contributed by atoms with Gasteiger partial charge < -0.3 is 15.0 Å². The molecule has 1 aliphatic heterocycles. The molecule has 0 spiro atoms. The lowest BCUT2D eigenvalue weighted by molar-refractivity contribution is -0.128. The standard InChI is InChI=1S/C22H29N5O3/c1-3-26(4-2)22(29)18-14-27(25-24-18)17-11-9-16(10-12-17)23-21(28)20-13-15-7-5-6-8-19(15)30-20/h5-8,14,16-17,20H,3-4,9-13H2,1-2H3,(H,23,28). The number of rotatable bonds is 6. The molecule has 2 heterocycles. The number of aromatic nitrogens is 3. The molecule has 1 fully saturated rings. The van der Waals surface area contributed by atoms with E-state index in [0.717, 1.165) is 37.0 Å². The Hall–Kier alpha value is -2.90. The van der Waals surface area contributed by atoms with Crippen molar-refractivity contribution in [3.05, 3.63) is 41.7 Å². The highest BCUT2D eigenvalue weighted by molar-refractivity contribution is 5.91. The van der Waals surface area contributed by atoms with Gasteiger partial charge in [-0.15, -0.1) is 5.10 Å². The highest BCUT2D eigenvalue weighted by Gasteiger charge is 2.32. The number of nitrogens with zero attached hydrogens (tertiary/aromatic N) is 4. The molecule has 4 rings (SSSR count). The first-order valence-corrected chi connectivity index (χ1v) is 10.8. The molecule has 1 unspecified atom stereocenters. The van der Waals surface area contributed by atoms with Gasteiger partial charge in [0.15, 0.2) is 11.8 Å². The zero-order valence-electron chi connectivity index (χ0n) is 17.6. The summed E-state index contributed by atoms with van der Waals surface area (Å²) in [4.78, 5) is 26.8. The fourth-order valence-corrected chi connectivity index (χ4v) is 4.33. The zero-order valence-corrected chi connectivity index (χ0v) is 17.6. The summed E-state index contributed by atoms with van der Waals surface area (Å²) < 4.78 is 7.60. The van der Waals surface area contributed by atoms with Crippen molar-refractivity contribution in [3.8, 4) is 5.75 Å². The predicted octanol–water partition coefficient (Wildman–Crippen LogP) is 2.36. The lowest BCUT2D eigenvalue weighted by Crippen LogP contribution is -2.44. The average molecular weight is 412 g/mol. The summed E-state index contributed by atoms with van der Waals surface area (Å²) >= 11 is 0. The third-order valence-corrected chi connectivity index (χ3v) is 6.14. The fourth-order valence-electron chi connectivity index (χ4n) is 4.33. The van der Waals surface area contributed by atoms with Crippen LogP contribution in [0.3, 0.4) is 0 Å². The van der Waals surface area contributed by atoms with Crippen LogP contribution in [0.4, 0.5) is 0 Å². The molecular weight excluding hydrogens is 382 g/mol. The second-order valence-electron chi connectivity index (χ2n) is 7.99. The maximum Gasteiger partial charge on any atom is 0.276 e. The molecule has 0 bridgehead atoms. The van der Waals surface area contributed by atoms with Crippen LogP contribution < -0.4 is 10.1 Å². The molecule has 2 amide bonds. The topological polar surface area (TPSA) is 89.4 Å². The minimum absolute atomic E-state index is 0.0393. The largest absolute Gasteiger partial charge is 0.480 e. The molecule has 1 aromatic heterocycles. The van der Waals surface area contributed by atoms with Crippen molar-refractivity contribution in [1.82, 2.24) is 25.2 Å². The first-order chi connectivity index (χ1) is 14.6. The molecule has 8 heteroatoms. The lowest BCUT2D eigenvalue weighted by atomic mass is 9.91. The Morgan fingerprint density at radius 3 is 2.60 bits per heavy atom. The van der Waals surface area contributed by atoms with Crippen molar-refractivity contribution in [2.24, 2.45) is 0 Å². The summed E-state index contributed by atoms with van der Waals surface area (Å²) in [6.45, 7) is 5.22. The van der Waals surface area contributed by atoms with Crippen molar-refractivity contribution in [3.63, 3.8) is 0 Å². The molecule has 0 radical (unpaired) electrons. The van der Waals surface area contributed by atoms with E-state index in [-0.39, 0.29) is 23.9 Å². The minimum atomic E-state index is -0.441. The number of hydrogen-bond donors (Lipinski definition) is 1. The first kappa shape index (κ1) is 20.4. The van der Waals surface area contributed by atoms with Gasteiger partial charge in [-0.1, -0.05) is 23.4 Å². The van der Waals surface area contributed by atoms with E-state index in [9.17, 15) is 9.59 Å². The zero-order chi connectivity index (χ0) is 21.1. The molecule has 1 atom stereocenters. The van der Waals surface area contributed by atoms with Gasteiger partial charge >= 0.3 is 0 Å². The number of carbonyl (C=O) groups excluding carboxylic acids is 2. The van der Waals surface area contributed by atoms with Crippen molar-refractivity contribution in [2.75, 3.05) is 13.1 Å². The summed E-state index contributed by atoms with van der Waals surface area (Å²) in [6, 6.07) is 8.15. The van der Waals surface area contributed by atoms with Crippen LogP contribution in [0.2, 0.25) is 0 Å². The Morgan fingerprint density at radius 2 is 1.90 bits per heavy atom. The third kappa shape index (κ3) is 4.17. The lowest BCUT2D eigenvalue weighted by Gasteiger charge is -2.29. The second-order valence-corrected chi connectivity index (χ2v) is 7.99. The van der Waals surface area contributed by atoms with E-state index >= 15 is 0 Å². The third-order valence-electron chi connectivity index (χ3n) is 6.14. The molecule has 8 nitrogen and oxygen atoms in total. The van der Waals surface area contributed by atoms with E-state index in [4.69, 9.17) is 4.74 Å². The van der Waals surface area contributed by atoms with Crippen LogP contribution in [0.25, 0.3) is 0 Å². The molecule has 2 aromatic rings. The summed E-state index contributed by atoms with van der Waals surface area (Å²) in [6.07, 6.45) is 5.46. The number of ether oxygens (including phenoxy) is 1. The number of benzene rings is 1. The maximum absolute atomic E-state index is 12.6. The fraction of sp³-hybridized carbons (Fsp3) is 0.545. The molecule has 1 aliphatic carbocycles. The smallest absolute Gasteiger partial charge is 0.276 e. The molecule has 30 heavy (non-hydrogen) atoms. The van der Waals surface area contributed by atoms with Crippen molar-refractivity contribution in [2.45, 2.75) is 64.1 Å². The summed E-state index contributed by atoms with van der Waals surface area (Å²) in [5, 5.41) is 11.4. The number of carbonyl (C=O) groups is 2. The number of fused-ring (bicyclic) bond motifs is 1. The molecule has 1 saturated carbocycles. The Morgan fingerprint density at radius 1 is 1.17 bits per heavy atom. The average Bonchev–Trinajstić information content (AvgIpc) is 3.42. The molecular formula is C22H29N5O3. The van der Waals surface area contributed by atoms with Crippen molar-refractivity contribution in [1.29, 1.82) is 0 Å². The Bertz CT molecular complexity index is 875. The Balaban J connectivity index is 1.27. The van der Waals surface area contributed by atoms with Crippen LogP contribution in [-0.2, 0) is 11.2 Å². The number of hydrogen-bond acceptors (Lipinski definition) is 5. The van der Waals surface area contributed by atoms with E-state index < -0.39 is 6.10 Å². The molecule has 1 aromatic carbocycles. The van der Waals surface area contributed by atoms with Crippen LogP contribution in [0.15, 0.2) is 30.5 Å². The van der Waals surface area contributed by atoms with Crippen LogP contribution in [-0.4, -0.2) is 56.9 Å². The first-order valence-electron chi connectivity index (χ1n) is 10.8. The van der Waals surface area contributed by atoms with Gasteiger partial charge in [0.2, 0.25) is 0 Å². The Kier molecular flexibility index (Phi) is 6.01. The summed E-state index contributed by atoms with van der Waals surface area (Å²) in [5.74, 6) is 0.690. The van der Waals surface area contributed by atoms with Gasteiger partial charge in [-0.25, -0.2) is 4.68 Å². The van der Waals surface area contributed by atoms with Gasteiger partial charge in [0.25, 0.3) is 11.8 Å². The van der Waals surface area contributed by atoms with Crippen molar-refractivity contribution >= 4 is 11.8 Å². The van der Waals surface area contributed by atoms with E-state index in [1.54, 1.807) is 11.1 Å². The van der Waals surface area contributed by atoms with E-state index in [0.29, 0.717) is 25.2 Å². The van der Waals surface area contributed by atoms with Crippen LogP contribution >= 0.6 is 0 Å². The number of para-hydroxylation sites is 1. The minimum Gasteiger partial charge on any atom is -0.480 e. The van der Waals surface area contributed by atoms with Gasteiger partial charge in [-0.3, -0.25) is 9.59 Å². The monoisotopic (exact) mass is 411 g/mol. The number of amides is 2. The van der Waals surface area contributed by atoms with Crippen LogP contribution in [0, 0.1) is 0 Å². The quantitative estimate of drug-likeness (QED) is 0.788. The van der Waals surface area contributed by atoms with Crippen molar-refractivity contribution < 1.29 is 14.3 Å². The summed E-state index contributed by atoms with van der Waals surface area (Å²) in [5.41, 5.74) is 1.48. The SMILES string of the molecule is CCN(CC)C(=O)c1cn(C2CCC(NC(=O)C3Cc4ccccc4O3)CC2)nn1. The molecule has 1 N–H and O–H groups in total. The van der Waals surface area contributed by atoms with Gasteiger partial charge in [0.1, 0.15) is 5.75 Å². The molecule has 0 saturated heterocycles. The van der Waals surface area contributed by atoms with Gasteiger partial charge in [-0.2, -0.15) is 0 Å². The van der Waals surface area contributed by atoms with Crippen LogP contribution in [0.5, 0.6) is 5.75 Å². The second kappa shape index (κ2) is 8.85. The van der Waals surface area contributed by atoms with E-state index in [1.165, 1.54) is 0 Å². The number of nitrogens with one attached hydrogen (secondary N) is 1. The Labute approximate surface area is 176 Å². The molecule has 160 valence electrons. The van der Waals surface area contributed by atoms with E-state index in [2.05, 4.69) is 15.6 Å². The van der Waals surface area contributed by atoms with Gasteiger partial charge in [0, 0.05) is 25.6 Å². The highest BCUT2D eigenvalue weighted by atomic mass is 16.5. The molecule has 2 aliphatic rings. The van der Waals surface area contributed by atoms with Gasteiger partial charge in [0.05, 0.1) is 12.2 Å². The van der Waals surface area contributed by atoms with Crippen LogP contribution in [0.1, 0.15) is 61.6 Å². The predicted molar refractivity (Wildman–Crippen MR) is 111 cm³/mol. The summed E-state index contributed by atoms with van der Waals surface area (Å²) in [7, 11) is 0. The van der Waals surface area contributed by atoms with Gasteiger partial charge in [-0.05, 0) is 51.2 Å².